The zero-order valence-corrected chi connectivity index (χ0v) is 66.6. The molecule has 1 aliphatic rings. The highest BCUT2D eigenvalue weighted by molar-refractivity contribution is 5.90. The zero-order chi connectivity index (χ0) is 76.9. The number of nitrogens with one attached hydrogen (secondary N) is 8. The Morgan fingerprint density at radius 1 is 0.352 bits per heavy atom. The largest absolute Gasteiger partial charge is 0.377 e. The number of hydrogen-bond donors (Lipinski definition) is 15. The van der Waals surface area contributed by atoms with Gasteiger partial charge in [0.2, 0.25) is 41.4 Å². The van der Waals surface area contributed by atoms with Crippen LogP contribution in [0.2, 0.25) is 0 Å². The second-order valence-electron chi connectivity index (χ2n) is 29.8. The fraction of sp³-hybridized carbons (Fsp3) is 0.864. The van der Waals surface area contributed by atoms with Crippen LogP contribution >= 0.6 is 0 Å². The van der Waals surface area contributed by atoms with Crippen molar-refractivity contribution in [1.29, 1.82) is 0 Å². The van der Waals surface area contributed by atoms with E-state index in [2.05, 4.69) is 90.5 Å². The van der Waals surface area contributed by atoms with Gasteiger partial charge < -0.3 is 76.7 Å². The summed E-state index contributed by atoms with van der Waals surface area (Å²) in [5.74, 6) is -1.60. The highest BCUT2D eigenvalue weighted by Crippen LogP contribution is 2.16. The number of rotatable bonds is 75. The van der Waals surface area contributed by atoms with Crippen molar-refractivity contribution < 1.29 is 38.7 Å². The summed E-state index contributed by atoms with van der Waals surface area (Å²) in [5, 5.41) is 35.0. The first kappa shape index (κ1) is 98.4. The maximum Gasteiger partial charge on any atom is 0.242 e. The predicted octanol–water partition coefficient (Wildman–Crippen LogP) is 9.12. The number of nitrogens with two attached hydrogens (primary N) is 6. The highest BCUT2D eigenvalue weighted by atomic mass is 16.3. The Morgan fingerprint density at radius 2 is 0.667 bits per heavy atom. The molecule has 1 rings (SSSR count). The molecule has 105 heavy (non-hydrogen) atoms. The van der Waals surface area contributed by atoms with Crippen molar-refractivity contribution in [2.75, 3.05) is 85.2 Å². The maximum absolute atomic E-state index is 13.9. The minimum Gasteiger partial charge on any atom is -0.377 e. The Morgan fingerprint density at radius 3 is 1.06 bits per heavy atom. The molecule has 24 nitrogen and oxygen atoms in total. The molecular formula is C81H160N16O8. The second-order valence-corrected chi connectivity index (χ2v) is 29.8. The molecule has 0 radical (unpaired) electrons. The molecule has 1 heterocycles. The average molecular weight is 1490 g/mol. The molecule has 7 unspecified atom stereocenters. The van der Waals surface area contributed by atoms with Crippen LogP contribution in [-0.2, 0) is 33.6 Å². The first-order valence-corrected chi connectivity index (χ1v) is 42.6. The molecule has 1 aliphatic heterocycles. The lowest BCUT2D eigenvalue weighted by atomic mass is 10.0. The molecule has 24 heteroatoms. The van der Waals surface area contributed by atoms with Crippen molar-refractivity contribution in [3.05, 3.63) is 24.3 Å². The first-order chi connectivity index (χ1) is 51.1. The van der Waals surface area contributed by atoms with Gasteiger partial charge >= 0.3 is 0 Å². The number of hydrogen-bond acceptors (Lipinski definition) is 17. The van der Waals surface area contributed by atoms with Crippen LogP contribution in [0.5, 0.6) is 0 Å². The van der Waals surface area contributed by atoms with Crippen LogP contribution in [-0.4, -0.2) is 184 Å². The maximum atomic E-state index is 13.9. The van der Waals surface area contributed by atoms with Crippen LogP contribution in [0.25, 0.3) is 0 Å². The summed E-state index contributed by atoms with van der Waals surface area (Å²) in [4.78, 5) is 99.0. The summed E-state index contributed by atoms with van der Waals surface area (Å²) >= 11 is 0. The van der Waals surface area contributed by atoms with Gasteiger partial charge in [-0.3, -0.25) is 48.7 Å². The van der Waals surface area contributed by atoms with E-state index in [1.54, 1.807) is 0 Å². The van der Waals surface area contributed by atoms with Gasteiger partial charge in [-0.1, -0.05) is 160 Å². The van der Waals surface area contributed by atoms with E-state index >= 15 is 0 Å². The molecule has 0 aliphatic carbocycles. The molecular weight excluding hydrogens is 1320 g/mol. The van der Waals surface area contributed by atoms with Crippen LogP contribution in [0.15, 0.2) is 24.3 Å². The molecule has 0 saturated carbocycles. The molecule has 0 aromatic heterocycles. The lowest BCUT2D eigenvalue weighted by molar-refractivity contribution is -0.130. The number of allylic oxidation sites excluding steroid dienone is 4. The van der Waals surface area contributed by atoms with E-state index in [-0.39, 0.29) is 41.4 Å². The van der Waals surface area contributed by atoms with Crippen LogP contribution in [0, 0.1) is 0 Å². The lowest BCUT2D eigenvalue weighted by Crippen LogP contribution is -2.54. The van der Waals surface area contributed by atoms with E-state index in [1.807, 2.05) is 0 Å². The van der Waals surface area contributed by atoms with Gasteiger partial charge in [-0.15, -0.1) is 0 Å². The molecule has 1 fully saturated rings. The molecule has 7 amide bonds. The number of nitrogens with zero attached hydrogens (tertiary/aromatic N) is 2. The lowest BCUT2D eigenvalue weighted by Gasteiger charge is -2.26. The molecule has 0 spiro atoms. The number of carbonyl (C=O) groups excluding carboxylic acids is 7. The standard InChI is InChI=1S/C81H160N16O8/c1-3-5-7-9-11-13-15-17-19-21-23-25-27-29-31-53-74(98)92-70(51-37-43-59-88-80(104)72(49-35-41-57-84)94-76(100)68(86)47-33-39-55-82)78(102)90-61-45-63-96-65-66-97(67-96)64-46-62-91-79(103)71(93-75(99)54-32-30-28-26-24-22-20-18-16-14-12-10-8-6-4-2)52-38-44-60-89-81(105)73(50-36-42-58-85)95-77(101)69(87)48-34-40-56-83/h17-20,68-73,76,94,100H,3-16,21-67,82-87H2,1-2H3,(H,88,104)(H,89,105)(H,90,102)(H,91,103)(H,92,98)(H,93,99)(H,95,101)/b19-17-,20-18-. The molecule has 7 atom stereocenters. The van der Waals surface area contributed by atoms with Gasteiger partial charge in [-0.2, -0.15) is 0 Å². The Bertz CT molecular complexity index is 2200. The Labute approximate surface area is 637 Å². The summed E-state index contributed by atoms with van der Waals surface area (Å²) in [6.45, 7) is 12.2. The van der Waals surface area contributed by atoms with Crippen LogP contribution < -0.4 is 76.9 Å². The van der Waals surface area contributed by atoms with Crippen molar-refractivity contribution in [1.82, 2.24) is 52.3 Å². The van der Waals surface area contributed by atoms with E-state index in [1.165, 1.54) is 77.0 Å². The van der Waals surface area contributed by atoms with Gasteiger partial charge in [-0.05, 0) is 200 Å². The number of aliphatic hydroxyl groups excluding tert-OH is 1. The number of carbonyl (C=O) groups is 7. The monoisotopic (exact) mass is 1490 g/mol. The third-order valence-corrected chi connectivity index (χ3v) is 20.0. The van der Waals surface area contributed by atoms with E-state index in [9.17, 15) is 38.7 Å². The number of aliphatic hydroxyl groups is 1. The van der Waals surface area contributed by atoms with Crippen molar-refractivity contribution in [2.24, 2.45) is 34.4 Å². The molecule has 1 saturated heterocycles. The van der Waals surface area contributed by atoms with E-state index < -0.39 is 42.5 Å². The molecule has 21 N–H and O–H groups in total. The van der Waals surface area contributed by atoms with E-state index in [4.69, 9.17) is 34.4 Å². The molecule has 0 bridgehead atoms. The molecule has 0 aromatic rings. The smallest absolute Gasteiger partial charge is 0.242 e. The first-order valence-electron chi connectivity index (χ1n) is 42.6. The number of amides is 7. The van der Waals surface area contributed by atoms with Crippen LogP contribution in [0.3, 0.4) is 0 Å². The van der Waals surface area contributed by atoms with Gasteiger partial charge in [0.25, 0.3) is 0 Å². The minimum absolute atomic E-state index is 0.134. The highest BCUT2D eigenvalue weighted by Gasteiger charge is 2.28. The fourth-order valence-corrected chi connectivity index (χ4v) is 13.2. The SMILES string of the molecule is CCCCCCCC/C=C\CCCCCCCC(=O)NC(CCCCNC(=O)C(CCCCN)NC(=O)C(N)CCCCN)C(=O)NCCCN1CCN(CCCNC(=O)C(CCCCNC(=O)C(CCCCN)NC(O)C(N)CCCCN)NC(=O)CCCCCCC/C=C\CCCCCCCC)C1. The molecule has 0 aromatic carbocycles. The summed E-state index contributed by atoms with van der Waals surface area (Å²) in [7, 11) is 0. The normalized spacial score (nSPS) is 14.8. The number of unbranched alkanes of at least 4 members (excludes halogenated alkanes) is 28. The fourth-order valence-electron chi connectivity index (χ4n) is 13.2. The van der Waals surface area contributed by atoms with Crippen molar-refractivity contribution in [3.8, 4) is 0 Å². The average Bonchev–Trinajstić information content (AvgIpc) is 1.36. The van der Waals surface area contributed by atoms with E-state index in [0.717, 1.165) is 174 Å². The van der Waals surface area contributed by atoms with Gasteiger partial charge in [0.05, 0.1) is 18.8 Å². The van der Waals surface area contributed by atoms with Crippen molar-refractivity contribution in [3.63, 3.8) is 0 Å². The quantitative estimate of drug-likeness (QED) is 0.0153. The Hall–Kier alpha value is -4.63. The second kappa shape index (κ2) is 71.0. The van der Waals surface area contributed by atoms with E-state index in [0.29, 0.717) is 142 Å². The van der Waals surface area contributed by atoms with Gasteiger partial charge in [0.15, 0.2) is 0 Å². The van der Waals surface area contributed by atoms with Crippen molar-refractivity contribution >= 4 is 41.4 Å². The predicted molar refractivity (Wildman–Crippen MR) is 432 cm³/mol. The zero-order valence-electron chi connectivity index (χ0n) is 66.6. The summed E-state index contributed by atoms with van der Waals surface area (Å²) < 4.78 is 0. The molecule has 612 valence electrons. The summed E-state index contributed by atoms with van der Waals surface area (Å²) in [5.41, 5.74) is 35.2. The Kier molecular flexibility index (Phi) is 66.5. The summed E-state index contributed by atoms with van der Waals surface area (Å²) in [6, 6.07) is -4.10. The van der Waals surface area contributed by atoms with Crippen molar-refractivity contribution in [2.45, 2.75) is 365 Å². The van der Waals surface area contributed by atoms with Gasteiger partial charge in [-0.25, -0.2) is 0 Å². The Balaban J connectivity index is 2.85. The van der Waals surface area contributed by atoms with Crippen LogP contribution in [0.4, 0.5) is 0 Å². The summed E-state index contributed by atoms with van der Waals surface area (Å²) in [6.07, 6.45) is 51.8. The van der Waals surface area contributed by atoms with Gasteiger partial charge in [0.1, 0.15) is 24.4 Å². The van der Waals surface area contributed by atoms with Gasteiger partial charge in [0, 0.05) is 71.2 Å². The third-order valence-electron chi connectivity index (χ3n) is 20.0. The third kappa shape index (κ3) is 57.2. The minimum atomic E-state index is -1.05. The topological polar surface area (TPSA) is 399 Å². The van der Waals surface area contributed by atoms with Crippen LogP contribution in [0.1, 0.15) is 322 Å².